The molecule has 0 saturated heterocycles. The van der Waals surface area contributed by atoms with Gasteiger partial charge in [-0.25, -0.2) is 4.79 Å². The molecule has 0 aromatic heterocycles. The van der Waals surface area contributed by atoms with E-state index in [1.165, 1.54) is 5.56 Å². The van der Waals surface area contributed by atoms with Crippen LogP contribution in [0.3, 0.4) is 0 Å². The molecule has 1 aromatic rings. The highest BCUT2D eigenvalue weighted by atomic mass is 16.4. The molecule has 1 saturated carbocycles. The third-order valence-electron chi connectivity index (χ3n) is 4.05. The molecule has 3 unspecified atom stereocenters. The summed E-state index contributed by atoms with van der Waals surface area (Å²) in [6, 6.07) is 9.77. The maximum Gasteiger partial charge on any atom is 0.315 e. The molecule has 1 aliphatic rings. The van der Waals surface area contributed by atoms with Crippen molar-refractivity contribution in [2.24, 2.45) is 5.92 Å². The molecule has 2 rings (SSSR count). The van der Waals surface area contributed by atoms with Gasteiger partial charge in [0.2, 0.25) is 0 Å². The number of urea groups is 1. The molecule has 1 aromatic carbocycles. The molecule has 21 heavy (non-hydrogen) atoms. The highest BCUT2D eigenvalue weighted by Crippen LogP contribution is 2.25. The van der Waals surface area contributed by atoms with E-state index in [0.717, 1.165) is 6.42 Å². The average molecular weight is 290 g/mol. The third-order valence-corrected chi connectivity index (χ3v) is 4.05. The highest BCUT2D eigenvalue weighted by molar-refractivity contribution is 5.75. The van der Waals surface area contributed by atoms with Crippen molar-refractivity contribution in [2.45, 2.75) is 38.1 Å². The molecule has 0 bridgehead atoms. The molecular formula is C16H22N2O3. The van der Waals surface area contributed by atoms with Crippen molar-refractivity contribution in [3.05, 3.63) is 35.9 Å². The van der Waals surface area contributed by atoms with Crippen LogP contribution in [0.1, 0.15) is 37.7 Å². The highest BCUT2D eigenvalue weighted by Gasteiger charge is 2.30. The molecule has 5 heteroatoms. The molecule has 0 aliphatic heterocycles. The monoisotopic (exact) mass is 290 g/mol. The Kier molecular flexibility index (Phi) is 5.20. The van der Waals surface area contributed by atoms with Gasteiger partial charge >= 0.3 is 12.0 Å². The van der Waals surface area contributed by atoms with E-state index in [9.17, 15) is 9.59 Å². The van der Waals surface area contributed by atoms with Crippen LogP contribution in [-0.4, -0.2) is 29.7 Å². The quantitative estimate of drug-likeness (QED) is 0.779. The van der Waals surface area contributed by atoms with E-state index in [1.807, 2.05) is 30.3 Å². The van der Waals surface area contributed by atoms with Crippen molar-refractivity contribution >= 4 is 12.0 Å². The zero-order valence-corrected chi connectivity index (χ0v) is 12.2. The van der Waals surface area contributed by atoms with E-state index in [4.69, 9.17) is 5.11 Å². The van der Waals surface area contributed by atoms with Crippen molar-refractivity contribution in [1.29, 1.82) is 0 Å². The first-order valence-corrected chi connectivity index (χ1v) is 7.38. The van der Waals surface area contributed by atoms with Crippen LogP contribution in [0.25, 0.3) is 0 Å². The minimum atomic E-state index is -0.766. The van der Waals surface area contributed by atoms with E-state index >= 15 is 0 Å². The first-order chi connectivity index (χ1) is 10.1. The van der Waals surface area contributed by atoms with Gasteiger partial charge in [0.1, 0.15) is 0 Å². The summed E-state index contributed by atoms with van der Waals surface area (Å²) in [5.41, 5.74) is 1.18. The van der Waals surface area contributed by atoms with Gasteiger partial charge in [-0.2, -0.15) is 0 Å². The Morgan fingerprint density at radius 1 is 1.29 bits per heavy atom. The van der Waals surface area contributed by atoms with Gasteiger partial charge < -0.3 is 15.7 Å². The predicted octanol–water partition coefficient (Wildman–Crippen LogP) is 2.34. The van der Waals surface area contributed by atoms with Crippen molar-refractivity contribution < 1.29 is 14.7 Å². The second-order valence-electron chi connectivity index (χ2n) is 5.71. The van der Waals surface area contributed by atoms with Crippen LogP contribution in [0.4, 0.5) is 4.79 Å². The Morgan fingerprint density at radius 2 is 2.00 bits per heavy atom. The lowest BCUT2D eigenvalue weighted by molar-refractivity contribution is -0.141. The molecule has 3 N–H and O–H groups in total. The summed E-state index contributed by atoms with van der Waals surface area (Å²) < 4.78 is 0. The van der Waals surface area contributed by atoms with E-state index < -0.39 is 5.97 Å². The Balaban J connectivity index is 1.72. The molecule has 2 amide bonds. The molecule has 3 atom stereocenters. The van der Waals surface area contributed by atoms with Crippen LogP contribution in [0.15, 0.2) is 30.3 Å². The fourth-order valence-electron chi connectivity index (χ4n) is 2.72. The summed E-state index contributed by atoms with van der Waals surface area (Å²) >= 11 is 0. The van der Waals surface area contributed by atoms with Gasteiger partial charge in [0.25, 0.3) is 0 Å². The summed E-state index contributed by atoms with van der Waals surface area (Å²) in [7, 11) is 0. The molecular weight excluding hydrogens is 268 g/mol. The van der Waals surface area contributed by atoms with Gasteiger partial charge in [-0.1, -0.05) is 37.3 Å². The third kappa shape index (κ3) is 4.48. The topological polar surface area (TPSA) is 78.4 Å². The molecule has 114 valence electrons. The zero-order valence-electron chi connectivity index (χ0n) is 12.2. The minimum absolute atomic E-state index is 0.0295. The van der Waals surface area contributed by atoms with E-state index in [2.05, 4.69) is 17.6 Å². The normalized spacial score (nSPS) is 22.5. The molecule has 0 radical (unpaired) electrons. The van der Waals surface area contributed by atoms with Gasteiger partial charge in [0.15, 0.2) is 0 Å². The van der Waals surface area contributed by atoms with Crippen LogP contribution in [0.2, 0.25) is 0 Å². The number of aliphatic carboxylic acids is 1. The Labute approximate surface area is 124 Å². The van der Waals surface area contributed by atoms with E-state index in [0.29, 0.717) is 19.4 Å². The SMILES string of the molecule is CC(CNC(=O)NC1CCC(C(=O)O)C1)c1ccccc1. The average Bonchev–Trinajstić information content (AvgIpc) is 2.94. The summed E-state index contributed by atoms with van der Waals surface area (Å²) in [5, 5.41) is 14.7. The summed E-state index contributed by atoms with van der Waals surface area (Å²) in [6.07, 6.45) is 1.90. The number of carboxylic acids is 1. The number of benzene rings is 1. The second kappa shape index (κ2) is 7.11. The lowest BCUT2D eigenvalue weighted by Crippen LogP contribution is -2.42. The maximum absolute atomic E-state index is 11.8. The summed E-state index contributed by atoms with van der Waals surface area (Å²) in [4.78, 5) is 22.7. The number of hydrogen-bond donors (Lipinski definition) is 3. The number of amides is 2. The van der Waals surface area contributed by atoms with Crippen molar-refractivity contribution in [1.82, 2.24) is 10.6 Å². The fourth-order valence-corrected chi connectivity index (χ4v) is 2.72. The summed E-state index contributed by atoms with van der Waals surface area (Å²) in [5.74, 6) is -0.844. The van der Waals surface area contributed by atoms with Gasteiger partial charge in [0, 0.05) is 12.6 Å². The number of hydrogen-bond acceptors (Lipinski definition) is 2. The van der Waals surface area contributed by atoms with Gasteiger partial charge in [-0.05, 0) is 30.7 Å². The smallest absolute Gasteiger partial charge is 0.315 e. The lowest BCUT2D eigenvalue weighted by atomic mass is 10.0. The number of carboxylic acid groups (broad SMARTS) is 1. The molecule has 0 heterocycles. The van der Waals surface area contributed by atoms with Crippen molar-refractivity contribution in [2.75, 3.05) is 6.54 Å². The standard InChI is InChI=1S/C16H22N2O3/c1-11(12-5-3-2-4-6-12)10-17-16(21)18-14-8-7-13(9-14)15(19)20/h2-6,11,13-14H,7-10H2,1H3,(H,19,20)(H2,17,18,21). The van der Waals surface area contributed by atoms with Gasteiger partial charge in [-0.15, -0.1) is 0 Å². The Bertz CT molecular complexity index is 490. The first kappa shape index (κ1) is 15.4. The Hall–Kier alpha value is -2.04. The molecule has 1 aliphatic carbocycles. The first-order valence-electron chi connectivity index (χ1n) is 7.38. The van der Waals surface area contributed by atoms with Crippen LogP contribution in [0.5, 0.6) is 0 Å². The van der Waals surface area contributed by atoms with Crippen LogP contribution in [-0.2, 0) is 4.79 Å². The predicted molar refractivity (Wildman–Crippen MR) is 80.2 cm³/mol. The minimum Gasteiger partial charge on any atom is -0.481 e. The lowest BCUT2D eigenvalue weighted by Gasteiger charge is -2.16. The number of nitrogens with one attached hydrogen (secondary N) is 2. The van der Waals surface area contributed by atoms with Crippen molar-refractivity contribution in [3.8, 4) is 0 Å². The number of carbonyl (C=O) groups excluding carboxylic acids is 1. The van der Waals surface area contributed by atoms with Crippen molar-refractivity contribution in [3.63, 3.8) is 0 Å². The number of carbonyl (C=O) groups is 2. The number of rotatable bonds is 5. The molecule has 0 spiro atoms. The van der Waals surface area contributed by atoms with Gasteiger partial charge in [-0.3, -0.25) is 4.79 Å². The van der Waals surface area contributed by atoms with Gasteiger partial charge in [0.05, 0.1) is 5.92 Å². The molecule has 5 nitrogen and oxygen atoms in total. The van der Waals surface area contributed by atoms with E-state index in [1.54, 1.807) is 0 Å². The summed E-state index contributed by atoms with van der Waals surface area (Å²) in [6.45, 7) is 2.62. The van der Waals surface area contributed by atoms with Crippen LogP contribution in [0, 0.1) is 5.92 Å². The second-order valence-corrected chi connectivity index (χ2v) is 5.71. The van der Waals surface area contributed by atoms with Crippen LogP contribution >= 0.6 is 0 Å². The van der Waals surface area contributed by atoms with E-state index in [-0.39, 0.29) is 23.9 Å². The Morgan fingerprint density at radius 3 is 2.62 bits per heavy atom. The maximum atomic E-state index is 11.8. The van der Waals surface area contributed by atoms with Crippen LogP contribution < -0.4 is 10.6 Å². The molecule has 1 fully saturated rings. The fraction of sp³-hybridized carbons (Fsp3) is 0.500. The largest absolute Gasteiger partial charge is 0.481 e. The zero-order chi connectivity index (χ0) is 15.2.